The third-order valence-electron chi connectivity index (χ3n) is 3.22. The smallest absolute Gasteiger partial charge is 0.260 e. The fraction of sp³-hybridized carbons (Fsp3) is 0.231. The molecule has 0 aliphatic carbocycles. The summed E-state index contributed by atoms with van der Waals surface area (Å²) >= 11 is 3.46. The van der Waals surface area contributed by atoms with Crippen molar-refractivity contribution >= 4 is 33.3 Å². The molecular weight excluding hydrogens is 280 g/mol. The van der Waals surface area contributed by atoms with Crippen LogP contribution in [0.1, 0.15) is 12.0 Å². The van der Waals surface area contributed by atoms with Crippen LogP contribution >= 0.6 is 23.1 Å². The van der Waals surface area contributed by atoms with Crippen molar-refractivity contribution in [2.45, 2.75) is 17.1 Å². The Labute approximate surface area is 116 Å². The van der Waals surface area contributed by atoms with E-state index in [1.807, 2.05) is 11.8 Å². The fourth-order valence-corrected chi connectivity index (χ4v) is 4.87. The maximum Gasteiger partial charge on any atom is 0.260 e. The van der Waals surface area contributed by atoms with Crippen molar-refractivity contribution in [2.24, 2.45) is 0 Å². The zero-order chi connectivity index (χ0) is 12.8. The molecule has 0 radical (unpaired) electrons. The zero-order valence-electron chi connectivity index (χ0n) is 9.93. The molecule has 0 saturated carbocycles. The number of aromatic amines is 1. The van der Waals surface area contributed by atoms with Crippen LogP contribution in [0.3, 0.4) is 0 Å². The third-order valence-corrected chi connectivity index (χ3v) is 5.75. The fourth-order valence-electron chi connectivity index (χ4n) is 2.34. The number of rotatable bonds is 1. The van der Waals surface area contributed by atoms with Crippen LogP contribution in [-0.4, -0.2) is 15.7 Å². The molecule has 0 atom stereocenters. The number of nitrogens with zero attached hydrogens (tertiary/aromatic N) is 1. The molecular formula is C13H10N2O2S2. The molecule has 0 unspecified atom stereocenters. The molecule has 3 aromatic heterocycles. The number of fused-ring (bicyclic) bond motifs is 3. The first-order valence-corrected chi connectivity index (χ1v) is 7.84. The first-order chi connectivity index (χ1) is 9.33. The number of thiophene rings is 1. The number of hydrogen-bond donors (Lipinski definition) is 1. The van der Waals surface area contributed by atoms with E-state index in [9.17, 15) is 4.79 Å². The first-order valence-electron chi connectivity index (χ1n) is 6.04. The third kappa shape index (κ3) is 1.74. The van der Waals surface area contributed by atoms with E-state index in [1.54, 1.807) is 29.9 Å². The lowest BCUT2D eigenvalue weighted by Crippen LogP contribution is -2.10. The van der Waals surface area contributed by atoms with Crippen LogP contribution in [0.25, 0.3) is 21.6 Å². The second-order valence-corrected chi connectivity index (χ2v) is 6.79. The predicted octanol–water partition coefficient (Wildman–Crippen LogP) is 3.28. The Balaban J connectivity index is 2.00. The van der Waals surface area contributed by atoms with Gasteiger partial charge < -0.3 is 9.40 Å². The minimum Gasteiger partial charge on any atom is -0.472 e. The van der Waals surface area contributed by atoms with Crippen molar-refractivity contribution < 1.29 is 4.42 Å². The Morgan fingerprint density at radius 3 is 3.21 bits per heavy atom. The maximum atomic E-state index is 12.3. The summed E-state index contributed by atoms with van der Waals surface area (Å²) in [6.45, 7) is 0. The molecule has 4 nitrogen and oxygen atoms in total. The average molecular weight is 290 g/mol. The lowest BCUT2D eigenvalue weighted by molar-refractivity contribution is 0.568. The highest BCUT2D eigenvalue weighted by molar-refractivity contribution is 8.01. The highest BCUT2D eigenvalue weighted by Crippen LogP contribution is 2.40. The van der Waals surface area contributed by atoms with E-state index in [0.29, 0.717) is 5.82 Å². The van der Waals surface area contributed by atoms with Crippen LogP contribution in [0.4, 0.5) is 0 Å². The molecule has 1 aliphatic rings. The minimum atomic E-state index is -0.0406. The van der Waals surface area contributed by atoms with Gasteiger partial charge in [-0.1, -0.05) is 0 Å². The molecule has 0 bridgehead atoms. The molecule has 0 aromatic carbocycles. The zero-order valence-corrected chi connectivity index (χ0v) is 11.6. The van der Waals surface area contributed by atoms with Gasteiger partial charge in [0.2, 0.25) is 0 Å². The molecule has 0 fully saturated rings. The summed E-state index contributed by atoms with van der Waals surface area (Å²) in [6, 6.07) is 1.80. The SMILES string of the molecule is O=c1[nH]c(-c2ccoc2)nc2sc3c(c12)CCCS3. The van der Waals surface area contributed by atoms with Crippen LogP contribution in [0.5, 0.6) is 0 Å². The number of aromatic nitrogens is 2. The predicted molar refractivity (Wildman–Crippen MR) is 77.0 cm³/mol. The van der Waals surface area contributed by atoms with Gasteiger partial charge in [-0.15, -0.1) is 23.1 Å². The summed E-state index contributed by atoms with van der Waals surface area (Å²) in [5, 5.41) is 0.777. The van der Waals surface area contributed by atoms with Crippen LogP contribution in [0.15, 0.2) is 32.0 Å². The summed E-state index contributed by atoms with van der Waals surface area (Å²) in [5.74, 6) is 1.71. The van der Waals surface area contributed by atoms with Gasteiger partial charge in [0.15, 0.2) is 0 Å². The quantitative estimate of drug-likeness (QED) is 0.747. The van der Waals surface area contributed by atoms with Gasteiger partial charge in [-0.2, -0.15) is 0 Å². The standard InChI is InChI=1S/C13H10N2O2S2/c16-11-9-8-2-1-5-18-13(8)19-12(9)15-10(14-11)7-3-4-17-6-7/h3-4,6H,1-2,5H2,(H,14,15,16). The van der Waals surface area contributed by atoms with Gasteiger partial charge in [-0.3, -0.25) is 4.79 Å². The maximum absolute atomic E-state index is 12.3. The first kappa shape index (κ1) is 11.3. The van der Waals surface area contributed by atoms with E-state index in [4.69, 9.17) is 4.42 Å². The molecule has 0 saturated heterocycles. The second kappa shape index (κ2) is 4.25. The molecule has 6 heteroatoms. The van der Waals surface area contributed by atoms with Crippen molar-refractivity contribution in [1.29, 1.82) is 0 Å². The lowest BCUT2D eigenvalue weighted by Gasteiger charge is -2.08. The van der Waals surface area contributed by atoms with Gasteiger partial charge in [0.25, 0.3) is 5.56 Å². The van der Waals surface area contributed by atoms with Crippen LogP contribution < -0.4 is 5.56 Å². The van der Waals surface area contributed by atoms with Gasteiger partial charge >= 0.3 is 0 Å². The molecule has 4 rings (SSSR count). The second-order valence-electron chi connectivity index (χ2n) is 4.43. The number of furan rings is 1. The normalized spacial score (nSPS) is 14.7. The number of aryl methyl sites for hydroxylation is 1. The van der Waals surface area contributed by atoms with E-state index in [0.717, 1.165) is 34.4 Å². The van der Waals surface area contributed by atoms with Crippen molar-refractivity contribution in [3.63, 3.8) is 0 Å². The Kier molecular flexibility index (Phi) is 2.53. The molecule has 0 spiro atoms. The summed E-state index contributed by atoms with van der Waals surface area (Å²) in [5.41, 5.74) is 1.95. The monoisotopic (exact) mass is 290 g/mol. The summed E-state index contributed by atoms with van der Waals surface area (Å²) < 4.78 is 6.29. The molecule has 1 N–H and O–H groups in total. The average Bonchev–Trinajstić information content (AvgIpc) is 3.05. The minimum absolute atomic E-state index is 0.0406. The van der Waals surface area contributed by atoms with E-state index in [2.05, 4.69) is 9.97 Å². The van der Waals surface area contributed by atoms with E-state index in [-0.39, 0.29) is 5.56 Å². The Morgan fingerprint density at radius 2 is 2.37 bits per heavy atom. The van der Waals surface area contributed by atoms with Crippen LogP contribution in [0.2, 0.25) is 0 Å². The number of hydrogen-bond acceptors (Lipinski definition) is 5. The van der Waals surface area contributed by atoms with Gasteiger partial charge in [0.05, 0.1) is 21.4 Å². The number of H-pyrrole nitrogens is 1. The van der Waals surface area contributed by atoms with Gasteiger partial charge in [-0.05, 0) is 30.2 Å². The van der Waals surface area contributed by atoms with Crippen molar-refractivity contribution in [3.8, 4) is 11.4 Å². The van der Waals surface area contributed by atoms with Gasteiger partial charge in [-0.25, -0.2) is 4.98 Å². The highest BCUT2D eigenvalue weighted by atomic mass is 32.2. The molecule has 3 aromatic rings. The van der Waals surface area contributed by atoms with Crippen molar-refractivity contribution in [3.05, 3.63) is 34.5 Å². The largest absolute Gasteiger partial charge is 0.472 e. The van der Waals surface area contributed by atoms with Gasteiger partial charge in [0.1, 0.15) is 16.9 Å². The van der Waals surface area contributed by atoms with E-state index < -0.39 is 0 Å². The lowest BCUT2D eigenvalue weighted by atomic mass is 10.1. The molecule has 4 heterocycles. The van der Waals surface area contributed by atoms with E-state index >= 15 is 0 Å². The molecule has 1 aliphatic heterocycles. The number of nitrogens with one attached hydrogen (secondary N) is 1. The topological polar surface area (TPSA) is 58.9 Å². The summed E-state index contributed by atoms with van der Waals surface area (Å²) in [4.78, 5) is 20.6. The Hall–Kier alpha value is -1.53. The molecule has 96 valence electrons. The van der Waals surface area contributed by atoms with Crippen LogP contribution in [-0.2, 0) is 6.42 Å². The van der Waals surface area contributed by atoms with Gasteiger partial charge in [0, 0.05) is 0 Å². The molecule has 19 heavy (non-hydrogen) atoms. The molecule has 0 amide bonds. The van der Waals surface area contributed by atoms with Crippen molar-refractivity contribution in [2.75, 3.05) is 5.75 Å². The van der Waals surface area contributed by atoms with Crippen molar-refractivity contribution in [1.82, 2.24) is 9.97 Å². The Bertz CT molecular complexity index is 802. The number of thioether (sulfide) groups is 1. The summed E-state index contributed by atoms with van der Waals surface area (Å²) in [6.07, 6.45) is 5.28. The van der Waals surface area contributed by atoms with E-state index in [1.165, 1.54) is 9.77 Å². The Morgan fingerprint density at radius 1 is 1.42 bits per heavy atom. The summed E-state index contributed by atoms with van der Waals surface area (Å²) in [7, 11) is 0. The van der Waals surface area contributed by atoms with Crippen LogP contribution in [0, 0.1) is 0 Å². The highest BCUT2D eigenvalue weighted by Gasteiger charge is 2.20.